The quantitative estimate of drug-likeness (QED) is 0.317. The number of unbranched alkanes of at least 4 members (excludes halogenated alkanes) is 3. The summed E-state index contributed by atoms with van der Waals surface area (Å²) in [7, 11) is 0. The van der Waals surface area contributed by atoms with Crippen molar-refractivity contribution in [3.8, 4) is 11.5 Å². The first-order valence-corrected chi connectivity index (χ1v) is 8.80. The van der Waals surface area contributed by atoms with E-state index in [1.807, 2.05) is 48.5 Å². The maximum atomic E-state index is 11.3. The van der Waals surface area contributed by atoms with Gasteiger partial charge in [-0.05, 0) is 49.9 Å². The van der Waals surface area contributed by atoms with E-state index in [1.54, 1.807) is 6.92 Å². The summed E-state index contributed by atoms with van der Waals surface area (Å²) in [6, 6.07) is 18.0. The van der Waals surface area contributed by atoms with E-state index in [0.717, 1.165) is 43.6 Å². The van der Waals surface area contributed by atoms with Gasteiger partial charge in [-0.1, -0.05) is 55.8 Å². The van der Waals surface area contributed by atoms with Crippen molar-refractivity contribution in [1.29, 1.82) is 0 Å². The number of carbonyl (C=O) groups is 1. The summed E-state index contributed by atoms with van der Waals surface area (Å²) in [4.78, 5) is 11.3. The van der Waals surface area contributed by atoms with Gasteiger partial charge >= 0.3 is 5.97 Å². The van der Waals surface area contributed by atoms with Crippen LogP contribution in [0.25, 0.3) is 0 Å². The molecule has 0 saturated carbocycles. The fraction of sp³-hybridized carbons (Fsp3) is 0.318. The highest BCUT2D eigenvalue weighted by molar-refractivity contribution is 5.86. The third kappa shape index (κ3) is 6.84. The van der Waals surface area contributed by atoms with Crippen LogP contribution in [-0.2, 0) is 16.0 Å². The second-order valence-electron chi connectivity index (χ2n) is 6.10. The summed E-state index contributed by atoms with van der Waals surface area (Å²) >= 11 is 0. The Morgan fingerprint density at radius 3 is 2.36 bits per heavy atom. The molecular weight excluding hydrogens is 312 g/mol. The van der Waals surface area contributed by atoms with E-state index in [0.29, 0.717) is 12.2 Å². The minimum atomic E-state index is -0.299. The van der Waals surface area contributed by atoms with E-state index < -0.39 is 0 Å². The lowest BCUT2D eigenvalue weighted by Gasteiger charge is -2.11. The maximum absolute atomic E-state index is 11.3. The lowest BCUT2D eigenvalue weighted by atomic mass is 10.1. The van der Waals surface area contributed by atoms with Gasteiger partial charge < -0.3 is 9.47 Å². The zero-order chi connectivity index (χ0) is 17.9. The Morgan fingerprint density at radius 1 is 0.920 bits per heavy atom. The molecule has 3 nitrogen and oxygen atoms in total. The first-order chi connectivity index (χ1) is 12.2. The van der Waals surface area contributed by atoms with Crippen LogP contribution in [0.2, 0.25) is 0 Å². The van der Waals surface area contributed by atoms with Gasteiger partial charge in [0.15, 0.2) is 0 Å². The normalized spacial score (nSPS) is 10.3. The molecule has 0 N–H and O–H groups in total. The Hall–Kier alpha value is -2.55. The van der Waals surface area contributed by atoms with E-state index in [2.05, 4.69) is 12.6 Å². The molecule has 0 heterocycles. The monoisotopic (exact) mass is 338 g/mol. The first kappa shape index (κ1) is 18.8. The number of carbonyl (C=O) groups excluding carboxylic acids is 1. The van der Waals surface area contributed by atoms with Crippen LogP contribution in [0.1, 0.15) is 38.2 Å². The van der Waals surface area contributed by atoms with Gasteiger partial charge in [0.2, 0.25) is 0 Å². The molecule has 0 fully saturated rings. The minimum absolute atomic E-state index is 0.299. The van der Waals surface area contributed by atoms with Crippen LogP contribution in [0.4, 0.5) is 0 Å². The van der Waals surface area contributed by atoms with Gasteiger partial charge in [0.25, 0.3) is 0 Å². The lowest BCUT2D eigenvalue weighted by molar-refractivity contribution is -0.139. The fourth-order valence-electron chi connectivity index (χ4n) is 2.48. The average Bonchev–Trinajstić information content (AvgIpc) is 2.62. The third-order valence-corrected chi connectivity index (χ3v) is 3.87. The number of hydrogen-bond donors (Lipinski definition) is 0. The van der Waals surface area contributed by atoms with Crippen LogP contribution in [0, 0.1) is 0 Å². The van der Waals surface area contributed by atoms with Gasteiger partial charge in [0.1, 0.15) is 11.5 Å². The van der Waals surface area contributed by atoms with Crippen LogP contribution in [0.5, 0.6) is 11.5 Å². The minimum Gasteiger partial charge on any atom is -0.462 e. The van der Waals surface area contributed by atoms with Gasteiger partial charge in [0, 0.05) is 5.57 Å². The molecule has 2 aromatic rings. The van der Waals surface area contributed by atoms with E-state index in [1.165, 1.54) is 5.56 Å². The van der Waals surface area contributed by atoms with Crippen LogP contribution >= 0.6 is 0 Å². The average molecular weight is 338 g/mol. The summed E-state index contributed by atoms with van der Waals surface area (Å²) in [5.74, 6) is 1.48. The Labute approximate surface area is 150 Å². The second kappa shape index (κ2) is 10.3. The predicted molar refractivity (Wildman–Crippen MR) is 101 cm³/mol. The molecule has 0 bridgehead atoms. The molecule has 0 aromatic heterocycles. The van der Waals surface area contributed by atoms with Gasteiger partial charge in [0.05, 0.1) is 6.61 Å². The number of para-hydroxylation sites is 2. The summed E-state index contributed by atoms with van der Waals surface area (Å²) in [5.41, 5.74) is 1.68. The number of hydrogen-bond acceptors (Lipinski definition) is 3. The van der Waals surface area contributed by atoms with E-state index in [9.17, 15) is 4.79 Å². The molecular formula is C22H26O3. The van der Waals surface area contributed by atoms with Crippen molar-refractivity contribution in [3.05, 3.63) is 72.3 Å². The van der Waals surface area contributed by atoms with Gasteiger partial charge in [-0.25, -0.2) is 4.79 Å². The molecule has 0 atom stereocenters. The highest BCUT2D eigenvalue weighted by Gasteiger charge is 2.05. The Morgan fingerprint density at radius 2 is 1.60 bits per heavy atom. The number of benzene rings is 2. The van der Waals surface area contributed by atoms with Crippen LogP contribution in [-0.4, -0.2) is 12.6 Å². The zero-order valence-corrected chi connectivity index (χ0v) is 14.9. The van der Waals surface area contributed by atoms with Crippen LogP contribution in [0.15, 0.2) is 66.7 Å². The van der Waals surface area contributed by atoms with Crippen molar-refractivity contribution in [2.24, 2.45) is 0 Å². The van der Waals surface area contributed by atoms with E-state index in [-0.39, 0.29) is 5.97 Å². The molecule has 0 aliphatic carbocycles. The largest absolute Gasteiger partial charge is 0.462 e. The highest BCUT2D eigenvalue weighted by atomic mass is 16.5. The fourth-order valence-corrected chi connectivity index (χ4v) is 2.48. The molecule has 0 aliphatic heterocycles. The lowest BCUT2D eigenvalue weighted by Crippen LogP contribution is -2.06. The summed E-state index contributed by atoms with van der Waals surface area (Å²) in [6.45, 7) is 5.70. The zero-order valence-electron chi connectivity index (χ0n) is 14.9. The third-order valence-electron chi connectivity index (χ3n) is 3.87. The first-order valence-electron chi connectivity index (χ1n) is 8.80. The summed E-state index contributed by atoms with van der Waals surface area (Å²) in [5, 5.41) is 0. The second-order valence-corrected chi connectivity index (χ2v) is 6.10. The molecule has 0 amide bonds. The maximum Gasteiger partial charge on any atom is 0.333 e. The number of aryl methyl sites for hydroxylation is 1. The summed E-state index contributed by atoms with van der Waals surface area (Å²) < 4.78 is 11.1. The van der Waals surface area contributed by atoms with E-state index in [4.69, 9.17) is 9.47 Å². The molecule has 25 heavy (non-hydrogen) atoms. The molecule has 0 aliphatic rings. The van der Waals surface area contributed by atoms with Crippen molar-refractivity contribution in [1.82, 2.24) is 0 Å². The van der Waals surface area contributed by atoms with Crippen molar-refractivity contribution >= 4 is 5.97 Å². The van der Waals surface area contributed by atoms with Crippen molar-refractivity contribution < 1.29 is 14.3 Å². The molecule has 0 spiro atoms. The Bertz CT molecular complexity index is 677. The molecule has 2 rings (SSSR count). The predicted octanol–water partition coefficient (Wildman–Crippen LogP) is 5.70. The smallest absolute Gasteiger partial charge is 0.333 e. The molecule has 132 valence electrons. The molecule has 3 heteroatoms. The number of esters is 1. The topological polar surface area (TPSA) is 35.5 Å². The van der Waals surface area contributed by atoms with E-state index >= 15 is 0 Å². The van der Waals surface area contributed by atoms with Gasteiger partial charge in [-0.15, -0.1) is 0 Å². The molecule has 2 aromatic carbocycles. The highest BCUT2D eigenvalue weighted by Crippen LogP contribution is 2.26. The van der Waals surface area contributed by atoms with Gasteiger partial charge in [-0.2, -0.15) is 0 Å². The van der Waals surface area contributed by atoms with Crippen LogP contribution in [0.3, 0.4) is 0 Å². The molecule has 0 saturated heterocycles. The van der Waals surface area contributed by atoms with Crippen molar-refractivity contribution in [3.63, 3.8) is 0 Å². The molecule has 0 unspecified atom stereocenters. The number of ether oxygens (including phenoxy) is 2. The van der Waals surface area contributed by atoms with Crippen LogP contribution < -0.4 is 4.74 Å². The van der Waals surface area contributed by atoms with Gasteiger partial charge in [-0.3, -0.25) is 0 Å². The standard InChI is InChI=1S/C22H26O3/c1-18(2)22(23)24-17-11-4-3-6-12-19-13-9-10-16-21(19)25-20-14-7-5-8-15-20/h5,7-10,13-16H,1,3-4,6,11-12,17H2,2H3. The Balaban J connectivity index is 1.71. The SMILES string of the molecule is C=C(C)C(=O)OCCCCCCc1ccccc1Oc1ccccc1. The number of rotatable bonds is 10. The Kier molecular flexibility index (Phi) is 7.77. The van der Waals surface area contributed by atoms with Crippen molar-refractivity contribution in [2.45, 2.75) is 39.0 Å². The van der Waals surface area contributed by atoms with Crippen molar-refractivity contribution in [2.75, 3.05) is 6.61 Å². The summed E-state index contributed by atoms with van der Waals surface area (Å²) in [6.07, 6.45) is 5.11. The molecule has 0 radical (unpaired) electrons.